The summed E-state index contributed by atoms with van der Waals surface area (Å²) in [5.74, 6) is 0. The average molecular weight is 1140 g/mol. The van der Waals surface area contributed by atoms with Gasteiger partial charge in [0, 0.05) is 75.6 Å². The first-order chi connectivity index (χ1) is 39.5. The molecule has 2 aromatic heterocycles. The summed E-state index contributed by atoms with van der Waals surface area (Å²) in [6.07, 6.45) is -2.39. The van der Waals surface area contributed by atoms with Crippen molar-refractivity contribution in [3.8, 4) is 56.5 Å². The highest BCUT2D eigenvalue weighted by Crippen LogP contribution is 2.37. The van der Waals surface area contributed by atoms with E-state index in [-0.39, 0.29) is 49.8 Å². The Morgan fingerprint density at radius 2 is 0.951 bits per heavy atom. The van der Waals surface area contributed by atoms with Crippen LogP contribution >= 0.6 is 23.2 Å². The van der Waals surface area contributed by atoms with Gasteiger partial charge in [0.05, 0.1) is 58.5 Å². The number of ether oxygens (including phenoxy) is 6. The number of aromatic nitrogens is 4. The van der Waals surface area contributed by atoms with Crippen LogP contribution in [0.5, 0.6) is 12.0 Å². The smallest absolute Gasteiger partial charge is 0.295 e. The summed E-state index contributed by atoms with van der Waals surface area (Å²) in [5, 5.41) is 24.4. The van der Waals surface area contributed by atoms with E-state index in [0.717, 1.165) is 108 Å². The number of carbonyl (C=O) groups excluding carboxylic acids is 1. The lowest BCUT2D eigenvalue weighted by atomic mass is 9.99. The normalized spacial score (nSPS) is 24.8. The Hall–Kier alpha value is -6.29. The number of fused-ring (bicyclic) bond motifs is 4. The Labute approximate surface area is 480 Å². The van der Waals surface area contributed by atoms with Crippen molar-refractivity contribution in [1.82, 2.24) is 40.0 Å². The zero-order valence-electron chi connectivity index (χ0n) is 45.2. The molecule has 0 amide bonds. The minimum absolute atomic E-state index is 0.247. The molecule has 81 heavy (non-hydrogen) atoms. The first-order valence-electron chi connectivity index (χ1n) is 27.7. The second-order valence-corrected chi connectivity index (χ2v) is 22.5. The van der Waals surface area contributed by atoms with Crippen LogP contribution in [0.4, 0.5) is 0 Å². The van der Waals surface area contributed by atoms with Crippen molar-refractivity contribution >= 4 is 51.6 Å². The molecule has 422 valence electrons. The summed E-state index contributed by atoms with van der Waals surface area (Å²) >= 11 is 13.3. The highest BCUT2D eigenvalue weighted by Gasteiger charge is 2.50. The van der Waals surface area contributed by atoms with E-state index in [9.17, 15) is 15.0 Å². The van der Waals surface area contributed by atoms with Gasteiger partial charge in [-0.2, -0.15) is 9.97 Å². The molecule has 14 rings (SSSR count). The monoisotopic (exact) mass is 1140 g/mol. The minimum Gasteiger partial charge on any atom is -0.456 e. The molecule has 6 aromatic carbocycles. The number of rotatable bonds is 11. The topological polar surface area (TPSA) is 192 Å². The zero-order chi connectivity index (χ0) is 55.6. The molecular formula is C62H66Cl2N8O9. The Morgan fingerprint density at radius 3 is 1.38 bits per heavy atom. The Balaban J connectivity index is 0.000000145. The number of carbonyl (C=O) groups is 1. The molecule has 8 aromatic rings. The van der Waals surface area contributed by atoms with Crippen molar-refractivity contribution in [3.63, 3.8) is 0 Å². The molecule has 8 atom stereocenters. The largest absolute Gasteiger partial charge is 0.456 e. The Bertz CT molecular complexity index is 3430. The summed E-state index contributed by atoms with van der Waals surface area (Å²) < 4.78 is 34.6. The molecule has 0 bridgehead atoms. The van der Waals surface area contributed by atoms with Crippen molar-refractivity contribution in [2.75, 3.05) is 92.9 Å². The van der Waals surface area contributed by atoms with Gasteiger partial charge in [0.15, 0.2) is 12.2 Å². The van der Waals surface area contributed by atoms with E-state index in [4.69, 9.17) is 51.6 Å². The summed E-state index contributed by atoms with van der Waals surface area (Å²) in [5.41, 5.74) is 13.2. The molecule has 0 aliphatic carbocycles. The van der Waals surface area contributed by atoms with Crippen LogP contribution in [0.3, 0.4) is 0 Å². The molecule has 6 fully saturated rings. The number of likely N-dealkylation sites (N-methyl/N-ethyl adjacent to an activating group) is 2. The highest BCUT2D eigenvalue weighted by atomic mass is 35.5. The third-order valence-electron chi connectivity index (χ3n) is 16.0. The molecule has 0 unspecified atom stereocenters. The fourth-order valence-corrected chi connectivity index (χ4v) is 11.8. The summed E-state index contributed by atoms with van der Waals surface area (Å²) in [7, 11) is 4.34. The number of halogens is 2. The number of aldehydes is 1. The molecule has 6 aliphatic heterocycles. The maximum absolute atomic E-state index is 10.9. The lowest BCUT2D eigenvalue weighted by Gasteiger charge is -2.32. The second kappa shape index (κ2) is 24.7. The maximum Gasteiger partial charge on any atom is 0.295 e. The van der Waals surface area contributed by atoms with E-state index < -0.39 is 12.2 Å². The Morgan fingerprint density at radius 1 is 0.543 bits per heavy atom. The van der Waals surface area contributed by atoms with E-state index >= 15 is 0 Å². The summed E-state index contributed by atoms with van der Waals surface area (Å²) in [6, 6.07) is 41.3. The molecule has 6 aliphatic rings. The quantitative estimate of drug-likeness (QED) is 0.0783. The van der Waals surface area contributed by atoms with Gasteiger partial charge in [-0.25, -0.2) is 0 Å². The van der Waals surface area contributed by atoms with Crippen LogP contribution in [0.2, 0.25) is 10.0 Å². The predicted octanol–water partition coefficient (Wildman–Crippen LogP) is 7.99. The molecule has 6 saturated heterocycles. The number of benzene rings is 6. The van der Waals surface area contributed by atoms with Crippen molar-refractivity contribution in [3.05, 3.63) is 142 Å². The van der Waals surface area contributed by atoms with E-state index in [1.807, 2.05) is 60.7 Å². The van der Waals surface area contributed by atoms with Crippen molar-refractivity contribution < 1.29 is 43.4 Å². The van der Waals surface area contributed by atoms with Gasteiger partial charge < -0.3 is 63.7 Å². The zero-order valence-corrected chi connectivity index (χ0v) is 46.7. The highest BCUT2D eigenvalue weighted by molar-refractivity contribution is 6.34. The second-order valence-electron chi connectivity index (χ2n) is 21.6. The number of hydrogen-bond acceptors (Lipinski definition) is 15. The van der Waals surface area contributed by atoms with Crippen molar-refractivity contribution in [2.45, 2.75) is 55.4 Å². The van der Waals surface area contributed by atoms with Gasteiger partial charge in [-0.3, -0.25) is 9.69 Å². The number of nitrogens with zero attached hydrogens (tertiary/aromatic N) is 5. The molecule has 0 radical (unpaired) electrons. The van der Waals surface area contributed by atoms with Gasteiger partial charge in [-0.05, 0) is 77.3 Å². The fraction of sp³-hybridized carbons (Fsp3) is 0.371. The van der Waals surface area contributed by atoms with Gasteiger partial charge in [0.25, 0.3) is 12.0 Å². The van der Waals surface area contributed by atoms with Gasteiger partial charge in [-0.15, -0.1) is 0 Å². The van der Waals surface area contributed by atoms with Crippen LogP contribution in [0.25, 0.3) is 66.6 Å². The SMILES string of the molecule is CN1CCN(Cc2ccc(-c3ccc(-c4cc5nc(O[C@@H]6CO[C@H]7[C@@H]6OC[C@H]7O)[nH]c5cc4Cl)cc3)cc2)CC1.CN1CCNCC1.O=Cc1ccc(-c2ccc(-c3cc4nc(O[C@@H]5CO[C@H]6[C@@H]5OC[C@H]6O)[nH]c4cc3Cl)cc2)cc1. The molecule has 5 N–H and O–H groups in total. The van der Waals surface area contributed by atoms with Crippen LogP contribution in [-0.2, 0) is 25.5 Å². The molecular weight excluding hydrogens is 1070 g/mol. The molecule has 17 nitrogen and oxygen atoms in total. The van der Waals surface area contributed by atoms with Crippen LogP contribution < -0.4 is 14.8 Å². The number of piperazine rings is 2. The predicted molar refractivity (Wildman–Crippen MR) is 312 cm³/mol. The lowest BCUT2D eigenvalue weighted by Crippen LogP contribution is -2.43. The molecule has 0 saturated carbocycles. The number of nitrogens with one attached hydrogen (secondary N) is 3. The number of aliphatic hydroxyl groups is 2. The number of imidazole rings is 2. The van der Waals surface area contributed by atoms with E-state index in [2.05, 4.69) is 103 Å². The van der Waals surface area contributed by atoms with Gasteiger partial charge >= 0.3 is 0 Å². The molecule has 0 spiro atoms. The number of aromatic amines is 2. The summed E-state index contributed by atoms with van der Waals surface area (Å²) in [6.45, 7) is 11.4. The van der Waals surface area contributed by atoms with E-state index in [1.54, 1.807) is 12.1 Å². The van der Waals surface area contributed by atoms with Crippen molar-refractivity contribution in [2.24, 2.45) is 0 Å². The third kappa shape index (κ3) is 12.6. The molecule has 19 heteroatoms. The van der Waals surface area contributed by atoms with Gasteiger partial charge in [-0.1, -0.05) is 120 Å². The third-order valence-corrected chi connectivity index (χ3v) is 16.6. The van der Waals surface area contributed by atoms with Crippen LogP contribution in [0.1, 0.15) is 15.9 Å². The van der Waals surface area contributed by atoms with E-state index in [1.165, 1.54) is 29.8 Å². The standard InChI is InChI=1S/C31H33ClN4O4.C26H21ClN2O5.C5H12N2/c1-35-10-12-36(13-11-35)16-19-2-4-20(5-3-19)21-6-8-22(9-7-21)23-14-25-26(15-24(23)32)34-31(33-25)40-28-18-39-29-27(37)17-38-30(28)29;27-19-10-21-20(28-26(29-21)34-23-13-33-24-22(31)12-32-25(23)24)9-18(19)17-7-5-16(6-8-17)15-3-1-14(11-30)2-4-15;1-7-4-2-6-3-5-7/h2-9,14-15,27-30,37H,10-13,16-18H2,1H3,(H,33,34);1-11,22-25,31H,12-13H2,(H,28,29);6H,2-5H2,1H3/t27-,28-,29-,30-;22-,23-,24-,25-;/m11./s1. The average Bonchev–Trinajstić information content (AvgIpc) is 4.47. The van der Waals surface area contributed by atoms with Gasteiger partial charge in [0.2, 0.25) is 0 Å². The van der Waals surface area contributed by atoms with Gasteiger partial charge in [0.1, 0.15) is 42.9 Å². The van der Waals surface area contributed by atoms with Crippen LogP contribution in [0, 0.1) is 0 Å². The number of aliphatic hydroxyl groups excluding tert-OH is 2. The summed E-state index contributed by atoms with van der Waals surface area (Å²) in [4.78, 5) is 33.7. The first-order valence-corrected chi connectivity index (χ1v) is 28.4. The number of H-pyrrole nitrogens is 2. The molecule has 8 heterocycles. The van der Waals surface area contributed by atoms with Crippen LogP contribution in [-0.4, -0.2) is 193 Å². The van der Waals surface area contributed by atoms with Crippen molar-refractivity contribution in [1.29, 1.82) is 0 Å². The Kier molecular flexibility index (Phi) is 16.8. The first kappa shape index (κ1) is 55.3. The minimum atomic E-state index is -0.627. The van der Waals surface area contributed by atoms with Crippen LogP contribution in [0.15, 0.2) is 121 Å². The number of hydrogen-bond donors (Lipinski definition) is 5. The lowest BCUT2D eigenvalue weighted by molar-refractivity contribution is 0.00704. The fourth-order valence-electron chi connectivity index (χ4n) is 11.2. The maximum atomic E-state index is 10.9. The van der Waals surface area contributed by atoms with E-state index in [0.29, 0.717) is 40.8 Å².